The minimum Gasteiger partial charge on any atom is -0.507 e. The Labute approximate surface area is 197 Å². The Hall–Kier alpha value is -3.19. The number of methoxy groups -OCH3 is 1. The lowest BCUT2D eigenvalue weighted by Crippen LogP contribution is -2.24. The van der Waals surface area contributed by atoms with Crippen LogP contribution in [0.4, 0.5) is 0 Å². The number of thiazole rings is 1. The normalized spacial score (nSPS) is 13.1. The topological polar surface area (TPSA) is 76.7 Å². The van der Waals surface area contributed by atoms with Crippen molar-refractivity contribution < 1.29 is 9.84 Å². The Morgan fingerprint density at radius 1 is 1.00 bits per heavy atom. The first-order valence-electron chi connectivity index (χ1n) is 10.8. The summed E-state index contributed by atoms with van der Waals surface area (Å²) >= 11 is 1.31. The van der Waals surface area contributed by atoms with Gasteiger partial charge >= 0.3 is 0 Å². The molecule has 0 aliphatic carbocycles. The van der Waals surface area contributed by atoms with Gasteiger partial charge in [-0.1, -0.05) is 52.9 Å². The van der Waals surface area contributed by atoms with Crippen molar-refractivity contribution in [1.29, 1.82) is 0 Å². The third-order valence-electron chi connectivity index (χ3n) is 5.58. The Balaban J connectivity index is 1.83. The number of phenols is 1. The van der Waals surface area contributed by atoms with Crippen LogP contribution in [-0.2, 0) is 10.8 Å². The van der Waals surface area contributed by atoms with Crippen LogP contribution in [0.2, 0.25) is 0 Å². The summed E-state index contributed by atoms with van der Waals surface area (Å²) in [6.07, 6.45) is 1.86. The van der Waals surface area contributed by atoms with E-state index < -0.39 is 0 Å². The highest BCUT2D eigenvalue weighted by atomic mass is 32.1. The highest BCUT2D eigenvalue weighted by Crippen LogP contribution is 2.39. The van der Waals surface area contributed by atoms with Gasteiger partial charge < -0.3 is 9.84 Å². The molecule has 2 aromatic heterocycles. The van der Waals surface area contributed by atoms with Crippen molar-refractivity contribution in [1.82, 2.24) is 14.6 Å². The molecule has 0 saturated carbocycles. The number of benzene rings is 2. The van der Waals surface area contributed by atoms with Gasteiger partial charge in [0.25, 0.3) is 5.56 Å². The van der Waals surface area contributed by atoms with E-state index in [1.54, 1.807) is 7.11 Å². The molecule has 7 heteroatoms. The maximum atomic E-state index is 13.1. The Morgan fingerprint density at radius 2 is 1.58 bits per heavy atom. The molecule has 4 rings (SSSR count). The van der Waals surface area contributed by atoms with Gasteiger partial charge in [0.1, 0.15) is 11.5 Å². The molecule has 1 N–H and O–H groups in total. The average molecular weight is 464 g/mol. The van der Waals surface area contributed by atoms with E-state index in [1.807, 2.05) is 42.5 Å². The number of aromatic hydroxyl groups is 1. The molecule has 0 aliphatic heterocycles. The van der Waals surface area contributed by atoms with Gasteiger partial charge in [-0.05, 0) is 58.9 Å². The van der Waals surface area contributed by atoms with Crippen LogP contribution in [0, 0.1) is 0 Å². The summed E-state index contributed by atoms with van der Waals surface area (Å²) in [6, 6.07) is 11.3. The van der Waals surface area contributed by atoms with Gasteiger partial charge in [0, 0.05) is 16.7 Å². The van der Waals surface area contributed by atoms with Gasteiger partial charge in [0.05, 0.1) is 11.6 Å². The fourth-order valence-electron chi connectivity index (χ4n) is 3.73. The molecule has 0 bridgehead atoms. The summed E-state index contributed by atoms with van der Waals surface area (Å²) in [5.74, 6) is 1.57. The van der Waals surface area contributed by atoms with Crippen molar-refractivity contribution >= 4 is 22.4 Å². The summed E-state index contributed by atoms with van der Waals surface area (Å²) in [5, 5.41) is 15.4. The van der Waals surface area contributed by atoms with Crippen molar-refractivity contribution in [3.8, 4) is 22.9 Å². The molecule has 0 aliphatic rings. The second-order valence-corrected chi connectivity index (χ2v) is 11.2. The summed E-state index contributed by atoms with van der Waals surface area (Å²) < 4.78 is 7.10. The first-order chi connectivity index (χ1) is 15.4. The van der Waals surface area contributed by atoms with Gasteiger partial charge in [-0.2, -0.15) is 9.50 Å². The lowest BCUT2D eigenvalue weighted by molar-refractivity contribution is 0.415. The number of hydrogen-bond acceptors (Lipinski definition) is 6. The Kier molecular flexibility index (Phi) is 5.56. The number of rotatable bonds is 3. The summed E-state index contributed by atoms with van der Waals surface area (Å²) in [6.45, 7) is 12.4. The van der Waals surface area contributed by atoms with E-state index in [4.69, 9.17) is 4.74 Å². The quantitative estimate of drug-likeness (QED) is 0.478. The molecule has 0 unspecified atom stereocenters. The second-order valence-electron chi connectivity index (χ2n) is 10.2. The van der Waals surface area contributed by atoms with E-state index in [0.717, 1.165) is 28.0 Å². The first kappa shape index (κ1) is 23.0. The maximum absolute atomic E-state index is 13.1. The van der Waals surface area contributed by atoms with Crippen LogP contribution in [0.5, 0.6) is 11.5 Å². The minimum absolute atomic E-state index is 0.204. The summed E-state index contributed by atoms with van der Waals surface area (Å²) in [5.41, 5.74) is 2.72. The maximum Gasteiger partial charge on any atom is 0.291 e. The van der Waals surface area contributed by atoms with Crippen LogP contribution < -0.4 is 14.8 Å². The second kappa shape index (κ2) is 7.99. The van der Waals surface area contributed by atoms with E-state index in [-0.39, 0.29) is 16.4 Å². The number of phenolic OH excluding ortho intramolecular Hbond substituents is 1. The zero-order valence-corrected chi connectivity index (χ0v) is 20.9. The van der Waals surface area contributed by atoms with Gasteiger partial charge in [0.15, 0.2) is 5.82 Å². The van der Waals surface area contributed by atoms with Crippen LogP contribution in [0.25, 0.3) is 22.4 Å². The summed E-state index contributed by atoms with van der Waals surface area (Å²) in [7, 11) is 1.62. The molecule has 4 aromatic rings. The zero-order chi connectivity index (χ0) is 24.1. The molecule has 0 saturated heterocycles. The molecule has 2 heterocycles. The molecular formula is C26H29N3O3S. The monoisotopic (exact) mass is 463 g/mol. The molecule has 6 nitrogen and oxygen atoms in total. The molecule has 0 atom stereocenters. The van der Waals surface area contributed by atoms with Gasteiger partial charge in [0.2, 0.25) is 4.96 Å². The van der Waals surface area contributed by atoms with Gasteiger partial charge in [-0.25, -0.2) is 0 Å². The van der Waals surface area contributed by atoms with Crippen LogP contribution in [0.15, 0.2) is 41.2 Å². The fourth-order valence-corrected chi connectivity index (χ4v) is 4.64. The molecule has 0 spiro atoms. The van der Waals surface area contributed by atoms with E-state index in [0.29, 0.717) is 21.1 Å². The number of ether oxygens (including phenoxy) is 1. The molecule has 172 valence electrons. The lowest BCUT2D eigenvalue weighted by Gasteiger charge is -2.27. The van der Waals surface area contributed by atoms with E-state index in [1.165, 1.54) is 15.9 Å². The molecule has 0 fully saturated rings. The number of aromatic nitrogens is 3. The lowest BCUT2D eigenvalue weighted by atomic mass is 9.78. The largest absolute Gasteiger partial charge is 0.507 e. The van der Waals surface area contributed by atoms with E-state index in [9.17, 15) is 9.90 Å². The standard InChI is InChI=1S/C26H29N3O3S/c1-25(2,3)18-12-15(13-19(21(18)30)26(4,5)6)14-20-23(31)29-24(33-20)27-22(28-29)16-8-10-17(32-7)11-9-16/h8-14,30H,1-7H3/b20-14+. The molecule has 0 amide bonds. The minimum atomic E-state index is -0.243. The third-order valence-corrected chi connectivity index (χ3v) is 6.54. The van der Waals surface area contributed by atoms with Crippen LogP contribution in [0.1, 0.15) is 58.2 Å². The van der Waals surface area contributed by atoms with Crippen molar-refractivity contribution in [3.05, 3.63) is 68.0 Å². The number of hydrogen-bond donors (Lipinski definition) is 1. The zero-order valence-electron chi connectivity index (χ0n) is 20.1. The van der Waals surface area contributed by atoms with Crippen LogP contribution in [-0.4, -0.2) is 26.8 Å². The van der Waals surface area contributed by atoms with Crippen molar-refractivity contribution in [2.45, 2.75) is 52.4 Å². The smallest absolute Gasteiger partial charge is 0.291 e. The van der Waals surface area contributed by atoms with Crippen LogP contribution in [0.3, 0.4) is 0 Å². The Bertz CT molecular complexity index is 1400. The van der Waals surface area contributed by atoms with E-state index in [2.05, 4.69) is 51.6 Å². The first-order valence-corrected chi connectivity index (χ1v) is 11.6. The van der Waals surface area contributed by atoms with Gasteiger partial charge in [-0.3, -0.25) is 4.79 Å². The molecule has 33 heavy (non-hydrogen) atoms. The third kappa shape index (κ3) is 4.37. The summed E-state index contributed by atoms with van der Waals surface area (Å²) in [4.78, 5) is 18.2. The average Bonchev–Trinajstić information content (AvgIpc) is 3.27. The van der Waals surface area contributed by atoms with E-state index >= 15 is 0 Å². The molecule has 0 radical (unpaired) electrons. The number of nitrogens with zero attached hydrogens (tertiary/aromatic N) is 3. The fraction of sp³-hybridized carbons (Fsp3) is 0.346. The SMILES string of the molecule is COc1ccc(-c2nc3s/c(=C/c4cc(C(C)(C)C)c(O)c(C(C)(C)C)c4)c(=O)n3n2)cc1. The van der Waals surface area contributed by atoms with Gasteiger partial charge in [-0.15, -0.1) is 5.10 Å². The predicted octanol–water partition coefficient (Wildman–Crippen LogP) is 4.67. The highest BCUT2D eigenvalue weighted by Gasteiger charge is 2.26. The highest BCUT2D eigenvalue weighted by molar-refractivity contribution is 7.15. The van der Waals surface area contributed by atoms with Crippen LogP contribution >= 0.6 is 11.3 Å². The predicted molar refractivity (Wildman–Crippen MR) is 133 cm³/mol. The molecular weight excluding hydrogens is 434 g/mol. The van der Waals surface area contributed by atoms with Crippen molar-refractivity contribution in [2.75, 3.05) is 7.11 Å². The van der Waals surface area contributed by atoms with Crippen molar-refractivity contribution in [2.24, 2.45) is 0 Å². The number of fused-ring (bicyclic) bond motifs is 1. The Morgan fingerprint density at radius 3 is 2.06 bits per heavy atom. The molecule has 2 aromatic carbocycles. The van der Waals surface area contributed by atoms with Crippen molar-refractivity contribution in [3.63, 3.8) is 0 Å².